The first kappa shape index (κ1) is 16.1. The van der Waals surface area contributed by atoms with Gasteiger partial charge in [-0.1, -0.05) is 38.0 Å². The van der Waals surface area contributed by atoms with Crippen molar-refractivity contribution in [3.8, 4) is 0 Å². The highest BCUT2D eigenvalue weighted by Crippen LogP contribution is 2.30. The first-order chi connectivity index (χ1) is 9.99. The molecule has 118 valence electrons. The monoisotopic (exact) mass is 310 g/mol. The number of amides is 1. The van der Waals surface area contributed by atoms with Crippen molar-refractivity contribution in [1.29, 1.82) is 0 Å². The van der Waals surface area contributed by atoms with Crippen molar-refractivity contribution >= 4 is 28.2 Å². The molecule has 1 aliphatic heterocycles. The van der Waals surface area contributed by atoms with Crippen molar-refractivity contribution in [2.45, 2.75) is 39.5 Å². The number of nitrogen functional groups attached to an aromatic ring is 1. The number of rotatable bonds is 4. The summed E-state index contributed by atoms with van der Waals surface area (Å²) in [5.74, 6) is 0.804. The van der Waals surface area contributed by atoms with Gasteiger partial charge in [-0.15, -0.1) is 0 Å². The van der Waals surface area contributed by atoms with Gasteiger partial charge < -0.3 is 15.5 Å². The lowest BCUT2D eigenvalue weighted by Crippen LogP contribution is -2.30. The summed E-state index contributed by atoms with van der Waals surface area (Å²) in [6, 6.07) is 0. The number of thiazole rings is 1. The minimum absolute atomic E-state index is 0.0141. The highest BCUT2D eigenvalue weighted by Gasteiger charge is 2.23. The Hall–Kier alpha value is -1.30. The Morgan fingerprint density at radius 3 is 2.52 bits per heavy atom. The number of nitrogens with two attached hydrogens (primary N) is 1. The van der Waals surface area contributed by atoms with E-state index in [0.717, 1.165) is 24.8 Å². The molecule has 21 heavy (non-hydrogen) atoms. The highest BCUT2D eigenvalue weighted by molar-refractivity contribution is 7.18. The number of carbonyl (C=O) groups is 1. The van der Waals surface area contributed by atoms with Crippen molar-refractivity contribution < 1.29 is 4.79 Å². The second-order valence-corrected chi connectivity index (χ2v) is 7.17. The van der Waals surface area contributed by atoms with Crippen LogP contribution >= 0.6 is 11.3 Å². The largest absolute Gasteiger partial charge is 0.382 e. The van der Waals surface area contributed by atoms with Crippen LogP contribution < -0.4 is 10.6 Å². The average molecular weight is 310 g/mol. The number of anilines is 2. The third-order valence-electron chi connectivity index (χ3n) is 3.70. The van der Waals surface area contributed by atoms with Crippen molar-refractivity contribution in [3.05, 3.63) is 4.88 Å². The number of nitrogens with zero attached hydrogens (tertiary/aromatic N) is 3. The van der Waals surface area contributed by atoms with Crippen LogP contribution in [0.15, 0.2) is 0 Å². The quantitative estimate of drug-likeness (QED) is 0.929. The molecule has 2 rings (SSSR count). The van der Waals surface area contributed by atoms with Gasteiger partial charge in [0.05, 0.1) is 0 Å². The van der Waals surface area contributed by atoms with Crippen LogP contribution in [0.2, 0.25) is 0 Å². The summed E-state index contributed by atoms with van der Waals surface area (Å²) in [4.78, 5) is 21.5. The van der Waals surface area contributed by atoms with Gasteiger partial charge in [0.2, 0.25) is 0 Å². The van der Waals surface area contributed by atoms with Crippen molar-refractivity contribution in [3.63, 3.8) is 0 Å². The standard InChI is InChI=1S/C15H26N4OS/c1-11(2)10-18(3)14(20)12-13(16)17-15(21-12)19-8-6-4-5-7-9-19/h11H,4-10,16H2,1-3H3. The van der Waals surface area contributed by atoms with Crippen LogP contribution in [0, 0.1) is 5.92 Å². The Labute approximate surface area is 131 Å². The second kappa shape index (κ2) is 7.11. The molecule has 2 N–H and O–H groups in total. The predicted molar refractivity (Wildman–Crippen MR) is 89.0 cm³/mol. The van der Waals surface area contributed by atoms with E-state index in [2.05, 4.69) is 23.7 Å². The van der Waals surface area contributed by atoms with Crippen molar-refractivity contribution in [2.75, 3.05) is 37.3 Å². The van der Waals surface area contributed by atoms with Crippen LogP contribution in [0.4, 0.5) is 10.9 Å². The fourth-order valence-electron chi connectivity index (χ4n) is 2.67. The third-order valence-corrected chi connectivity index (χ3v) is 4.82. The van der Waals surface area contributed by atoms with Gasteiger partial charge in [-0.25, -0.2) is 4.98 Å². The summed E-state index contributed by atoms with van der Waals surface area (Å²) in [5, 5.41) is 0.899. The zero-order chi connectivity index (χ0) is 15.4. The summed E-state index contributed by atoms with van der Waals surface area (Å²) in [7, 11) is 1.83. The van der Waals surface area contributed by atoms with Crippen LogP contribution in [0.5, 0.6) is 0 Å². The van der Waals surface area contributed by atoms with Gasteiger partial charge >= 0.3 is 0 Å². The molecule has 1 fully saturated rings. The van der Waals surface area contributed by atoms with Crippen LogP contribution in [0.3, 0.4) is 0 Å². The van der Waals surface area contributed by atoms with E-state index < -0.39 is 0 Å². The SMILES string of the molecule is CC(C)CN(C)C(=O)c1sc(N2CCCCCC2)nc1N. The highest BCUT2D eigenvalue weighted by atomic mass is 32.1. The molecular weight excluding hydrogens is 284 g/mol. The lowest BCUT2D eigenvalue weighted by Gasteiger charge is -2.19. The molecule has 2 heterocycles. The van der Waals surface area contributed by atoms with E-state index in [9.17, 15) is 4.79 Å². The molecule has 6 heteroatoms. The Balaban J connectivity index is 2.12. The van der Waals surface area contributed by atoms with Crippen LogP contribution in [0.1, 0.15) is 49.2 Å². The first-order valence-corrected chi connectivity index (χ1v) is 8.57. The first-order valence-electron chi connectivity index (χ1n) is 7.75. The summed E-state index contributed by atoms with van der Waals surface area (Å²) >= 11 is 1.44. The van der Waals surface area contributed by atoms with E-state index in [-0.39, 0.29) is 5.91 Å². The fourth-order valence-corrected chi connectivity index (χ4v) is 3.71. The molecular formula is C15H26N4OS. The Bertz CT molecular complexity index is 478. The second-order valence-electron chi connectivity index (χ2n) is 6.19. The third kappa shape index (κ3) is 4.09. The van der Waals surface area contributed by atoms with Gasteiger partial charge in [-0.05, 0) is 18.8 Å². The molecule has 0 bridgehead atoms. The van der Waals surface area contributed by atoms with Gasteiger partial charge in [0.25, 0.3) is 5.91 Å². The van der Waals surface area contributed by atoms with Crippen molar-refractivity contribution in [2.24, 2.45) is 5.92 Å². The summed E-state index contributed by atoms with van der Waals surface area (Å²) < 4.78 is 0. The molecule has 1 saturated heterocycles. The zero-order valence-corrected chi connectivity index (χ0v) is 14.1. The fraction of sp³-hybridized carbons (Fsp3) is 0.733. The van der Waals surface area contributed by atoms with E-state index in [1.165, 1.54) is 37.0 Å². The molecule has 0 atom stereocenters. The van der Waals surface area contributed by atoms with Crippen LogP contribution in [-0.4, -0.2) is 42.5 Å². The maximum Gasteiger partial charge on any atom is 0.267 e. The summed E-state index contributed by atoms with van der Waals surface area (Å²) in [6.45, 7) is 6.96. The number of aromatic nitrogens is 1. The lowest BCUT2D eigenvalue weighted by molar-refractivity contribution is 0.0784. The molecule has 0 saturated carbocycles. The van der Waals surface area contributed by atoms with Gasteiger partial charge in [0, 0.05) is 26.7 Å². The topological polar surface area (TPSA) is 62.5 Å². The Morgan fingerprint density at radius 1 is 1.33 bits per heavy atom. The molecule has 1 aromatic heterocycles. The van der Waals surface area contributed by atoms with E-state index in [1.807, 2.05) is 7.05 Å². The minimum Gasteiger partial charge on any atom is -0.382 e. The predicted octanol–water partition coefficient (Wildman–Crippen LogP) is 2.83. The Morgan fingerprint density at radius 2 is 1.95 bits per heavy atom. The molecule has 5 nitrogen and oxygen atoms in total. The van der Waals surface area contributed by atoms with Gasteiger partial charge in [0.15, 0.2) is 5.13 Å². The van der Waals surface area contributed by atoms with Crippen molar-refractivity contribution in [1.82, 2.24) is 9.88 Å². The number of carbonyl (C=O) groups excluding carboxylic acids is 1. The van der Waals surface area contributed by atoms with Gasteiger partial charge in [-0.2, -0.15) is 0 Å². The molecule has 1 amide bonds. The van der Waals surface area contributed by atoms with Gasteiger partial charge in [-0.3, -0.25) is 4.79 Å². The smallest absolute Gasteiger partial charge is 0.267 e. The van der Waals surface area contributed by atoms with Gasteiger partial charge in [0.1, 0.15) is 10.7 Å². The molecule has 0 spiro atoms. The minimum atomic E-state index is -0.0141. The molecule has 0 radical (unpaired) electrons. The maximum absolute atomic E-state index is 12.5. The van der Waals surface area contributed by atoms with E-state index in [4.69, 9.17) is 5.73 Å². The molecule has 0 aliphatic carbocycles. The molecule has 0 aromatic carbocycles. The normalized spacial score (nSPS) is 16.1. The number of hydrogen-bond acceptors (Lipinski definition) is 5. The van der Waals surface area contributed by atoms with Crippen LogP contribution in [-0.2, 0) is 0 Å². The number of hydrogen-bond donors (Lipinski definition) is 1. The van der Waals surface area contributed by atoms with Crippen LogP contribution in [0.25, 0.3) is 0 Å². The average Bonchev–Trinajstić information content (AvgIpc) is 2.65. The van der Waals surface area contributed by atoms with E-state index in [0.29, 0.717) is 16.6 Å². The molecule has 0 unspecified atom stereocenters. The maximum atomic E-state index is 12.5. The van der Waals surface area contributed by atoms with E-state index in [1.54, 1.807) is 4.90 Å². The molecule has 1 aliphatic rings. The zero-order valence-electron chi connectivity index (χ0n) is 13.3. The Kier molecular flexibility index (Phi) is 5.45. The summed E-state index contributed by atoms with van der Waals surface area (Å²) in [5.41, 5.74) is 5.98. The lowest BCUT2D eigenvalue weighted by atomic mass is 10.2. The molecule has 1 aromatic rings. The summed E-state index contributed by atoms with van der Waals surface area (Å²) in [6.07, 6.45) is 4.94. The van der Waals surface area contributed by atoms with E-state index >= 15 is 0 Å².